The number of nitrogens with zero attached hydrogens (tertiary/aromatic N) is 3. The van der Waals surface area contributed by atoms with Gasteiger partial charge in [-0.2, -0.15) is 0 Å². The van der Waals surface area contributed by atoms with Gasteiger partial charge in [-0.1, -0.05) is 30.5 Å². The molecule has 2 N–H and O–H groups in total. The lowest BCUT2D eigenvalue weighted by Gasteiger charge is -2.30. The third-order valence-corrected chi connectivity index (χ3v) is 6.68. The Kier molecular flexibility index (Phi) is 5.13. The zero-order valence-electron chi connectivity index (χ0n) is 16.4. The summed E-state index contributed by atoms with van der Waals surface area (Å²) in [5.41, 5.74) is 2.67. The molecule has 0 bridgehead atoms. The van der Waals surface area contributed by atoms with Crippen molar-refractivity contribution in [3.8, 4) is 5.75 Å². The van der Waals surface area contributed by atoms with Crippen molar-refractivity contribution in [1.82, 2.24) is 14.9 Å². The first-order valence-corrected chi connectivity index (χ1v) is 11.1. The van der Waals surface area contributed by atoms with Gasteiger partial charge in [0.1, 0.15) is 11.8 Å². The maximum absolute atomic E-state index is 10.7. The molecule has 1 saturated heterocycles. The SMILES string of the molecule is Oc1ccc(Cl)cc1N1C(=S)N[C@H](c2ccccn2)[C@@H]1c1cccn1C1CCCC1. The standard InChI is InChI=1S/C23H23ClN4OS/c24-15-10-11-20(29)19(14-15)28-22(18-9-5-13-27(18)16-6-1-2-7-16)21(26-23(28)30)17-8-3-4-12-25-17/h3-5,8-14,16,21-22,29H,1-2,6-7H2,(H,26,30)/t21-,22+/m1/s1. The van der Waals surface area contributed by atoms with E-state index in [-0.39, 0.29) is 17.8 Å². The number of phenolic OH excluding ortho intramolecular Hbond substituents is 1. The number of hydrogen-bond donors (Lipinski definition) is 2. The quantitative estimate of drug-likeness (QED) is 0.524. The van der Waals surface area contributed by atoms with Crippen LogP contribution in [-0.4, -0.2) is 19.8 Å². The molecule has 1 aliphatic heterocycles. The molecule has 5 nitrogen and oxygen atoms in total. The number of pyridine rings is 1. The van der Waals surface area contributed by atoms with Gasteiger partial charge in [0.05, 0.1) is 17.4 Å². The van der Waals surface area contributed by atoms with Crippen LogP contribution in [0.4, 0.5) is 5.69 Å². The molecule has 154 valence electrons. The van der Waals surface area contributed by atoms with E-state index in [0.29, 0.717) is 21.9 Å². The zero-order chi connectivity index (χ0) is 20.7. The molecule has 5 rings (SSSR count). The molecule has 2 atom stereocenters. The molecule has 3 aromatic rings. The number of rotatable bonds is 4. The third-order valence-electron chi connectivity index (χ3n) is 6.13. The minimum Gasteiger partial charge on any atom is -0.506 e. The predicted octanol–water partition coefficient (Wildman–Crippen LogP) is 5.53. The normalized spacial score (nSPS) is 21.9. The van der Waals surface area contributed by atoms with Crippen LogP contribution in [0.25, 0.3) is 0 Å². The highest BCUT2D eigenvalue weighted by molar-refractivity contribution is 7.80. The van der Waals surface area contributed by atoms with Gasteiger partial charge in [-0.3, -0.25) is 4.98 Å². The van der Waals surface area contributed by atoms with E-state index in [0.717, 1.165) is 11.4 Å². The molecule has 7 heteroatoms. The van der Waals surface area contributed by atoms with Gasteiger partial charge in [0, 0.05) is 29.2 Å². The second-order valence-corrected chi connectivity index (χ2v) is 8.73. The number of halogens is 1. The number of thiocarbonyl (C=S) groups is 1. The minimum atomic E-state index is -0.160. The number of benzene rings is 1. The van der Waals surface area contributed by atoms with E-state index >= 15 is 0 Å². The molecule has 1 aliphatic carbocycles. The van der Waals surface area contributed by atoms with Crippen molar-refractivity contribution in [1.29, 1.82) is 0 Å². The van der Waals surface area contributed by atoms with E-state index in [1.54, 1.807) is 24.4 Å². The van der Waals surface area contributed by atoms with Gasteiger partial charge in [-0.25, -0.2) is 0 Å². The number of hydrogen-bond acceptors (Lipinski definition) is 3. The topological polar surface area (TPSA) is 53.3 Å². The summed E-state index contributed by atoms with van der Waals surface area (Å²) in [6, 6.07) is 15.4. The van der Waals surface area contributed by atoms with Gasteiger partial charge in [-0.05, 0) is 67.5 Å². The van der Waals surface area contributed by atoms with Crippen molar-refractivity contribution in [2.45, 2.75) is 43.8 Å². The molecule has 2 aromatic heterocycles. The average molecular weight is 439 g/mol. The van der Waals surface area contributed by atoms with Crippen LogP contribution in [0.1, 0.15) is 55.2 Å². The lowest BCUT2D eigenvalue weighted by molar-refractivity contribution is 0.454. The number of aromatic hydroxyl groups is 1. The second-order valence-electron chi connectivity index (χ2n) is 7.91. The molecule has 1 aromatic carbocycles. The Morgan fingerprint density at radius 2 is 1.93 bits per heavy atom. The van der Waals surface area contributed by atoms with Crippen LogP contribution in [0.5, 0.6) is 5.75 Å². The van der Waals surface area contributed by atoms with E-state index in [1.807, 2.05) is 23.1 Å². The molecule has 1 saturated carbocycles. The molecular weight excluding hydrogens is 416 g/mol. The predicted molar refractivity (Wildman–Crippen MR) is 123 cm³/mol. The van der Waals surface area contributed by atoms with Gasteiger partial charge < -0.3 is 19.9 Å². The Balaban J connectivity index is 1.66. The largest absolute Gasteiger partial charge is 0.506 e. The summed E-state index contributed by atoms with van der Waals surface area (Å²) in [5.74, 6) is 0.147. The molecule has 3 heterocycles. The van der Waals surface area contributed by atoms with Crippen molar-refractivity contribution < 1.29 is 5.11 Å². The lowest BCUT2D eigenvalue weighted by Crippen LogP contribution is -2.30. The highest BCUT2D eigenvalue weighted by Gasteiger charge is 2.43. The van der Waals surface area contributed by atoms with Crippen LogP contribution in [-0.2, 0) is 0 Å². The molecule has 0 unspecified atom stereocenters. The highest BCUT2D eigenvalue weighted by atomic mass is 35.5. The van der Waals surface area contributed by atoms with Crippen LogP contribution in [0, 0.1) is 0 Å². The summed E-state index contributed by atoms with van der Waals surface area (Å²) in [4.78, 5) is 6.59. The Morgan fingerprint density at radius 1 is 1.10 bits per heavy atom. The summed E-state index contributed by atoms with van der Waals surface area (Å²) < 4.78 is 2.39. The highest BCUT2D eigenvalue weighted by Crippen LogP contribution is 2.46. The monoisotopic (exact) mass is 438 g/mol. The van der Waals surface area contributed by atoms with Crippen LogP contribution >= 0.6 is 23.8 Å². The van der Waals surface area contributed by atoms with E-state index in [2.05, 4.69) is 33.2 Å². The fourth-order valence-electron chi connectivity index (χ4n) is 4.78. The van der Waals surface area contributed by atoms with Crippen LogP contribution in [0.2, 0.25) is 5.02 Å². The van der Waals surface area contributed by atoms with Crippen molar-refractivity contribution in [3.63, 3.8) is 0 Å². The second kappa shape index (κ2) is 7.93. The number of aromatic nitrogens is 2. The van der Waals surface area contributed by atoms with Crippen LogP contribution in [0.15, 0.2) is 60.9 Å². The first kappa shape index (κ1) is 19.4. The van der Waals surface area contributed by atoms with Crippen molar-refractivity contribution >= 4 is 34.6 Å². The zero-order valence-corrected chi connectivity index (χ0v) is 18.0. The smallest absolute Gasteiger partial charge is 0.174 e. The fraction of sp³-hybridized carbons (Fsp3) is 0.304. The van der Waals surface area contributed by atoms with Crippen molar-refractivity contribution in [2.75, 3.05) is 4.90 Å². The average Bonchev–Trinajstić information content (AvgIpc) is 3.49. The van der Waals surface area contributed by atoms with Gasteiger partial charge in [0.25, 0.3) is 0 Å². The van der Waals surface area contributed by atoms with Gasteiger partial charge >= 0.3 is 0 Å². The van der Waals surface area contributed by atoms with E-state index < -0.39 is 0 Å². The minimum absolute atomic E-state index is 0.146. The molecule has 2 aliphatic rings. The van der Waals surface area contributed by atoms with E-state index in [1.165, 1.54) is 25.7 Å². The summed E-state index contributed by atoms with van der Waals surface area (Å²) in [5, 5.41) is 15.2. The van der Waals surface area contributed by atoms with Gasteiger partial charge in [0.2, 0.25) is 0 Å². The maximum atomic E-state index is 10.7. The lowest BCUT2D eigenvalue weighted by atomic mass is 10.00. The van der Waals surface area contributed by atoms with E-state index in [9.17, 15) is 5.11 Å². The number of nitrogens with one attached hydrogen (secondary N) is 1. The van der Waals surface area contributed by atoms with Gasteiger partial charge in [0.15, 0.2) is 5.11 Å². The summed E-state index contributed by atoms with van der Waals surface area (Å²) in [7, 11) is 0. The molecule has 2 fully saturated rings. The Hall–Kier alpha value is -2.57. The summed E-state index contributed by atoms with van der Waals surface area (Å²) in [6.45, 7) is 0. The number of anilines is 1. The molecular formula is C23H23ClN4OS. The molecule has 0 radical (unpaired) electrons. The fourth-order valence-corrected chi connectivity index (χ4v) is 5.28. The summed E-state index contributed by atoms with van der Waals surface area (Å²) in [6.07, 6.45) is 8.84. The Bertz CT molecular complexity index is 1060. The summed E-state index contributed by atoms with van der Waals surface area (Å²) >= 11 is 12.0. The van der Waals surface area contributed by atoms with Crippen LogP contribution in [0.3, 0.4) is 0 Å². The molecule has 0 amide bonds. The molecule has 0 spiro atoms. The van der Waals surface area contributed by atoms with Crippen molar-refractivity contribution in [2.24, 2.45) is 0 Å². The first-order valence-electron chi connectivity index (χ1n) is 10.3. The third kappa shape index (κ3) is 3.34. The van der Waals surface area contributed by atoms with E-state index in [4.69, 9.17) is 23.8 Å². The number of phenols is 1. The Labute approximate surface area is 186 Å². The molecule has 30 heavy (non-hydrogen) atoms. The first-order chi connectivity index (χ1) is 14.6. The maximum Gasteiger partial charge on any atom is 0.174 e. The van der Waals surface area contributed by atoms with Crippen molar-refractivity contribution in [3.05, 3.63) is 77.3 Å². The Morgan fingerprint density at radius 3 is 2.70 bits per heavy atom. The van der Waals surface area contributed by atoms with Gasteiger partial charge in [-0.15, -0.1) is 0 Å². The van der Waals surface area contributed by atoms with Crippen LogP contribution < -0.4 is 10.2 Å².